The van der Waals surface area contributed by atoms with Crippen molar-refractivity contribution < 1.29 is 14.4 Å². The third kappa shape index (κ3) is 7.24. The zero-order chi connectivity index (χ0) is 31.7. The Balaban J connectivity index is 1.08. The molecule has 5 aromatic rings. The molecule has 230 valence electrons. The van der Waals surface area contributed by atoms with Gasteiger partial charge in [0.05, 0.1) is 11.5 Å². The van der Waals surface area contributed by atoms with E-state index in [-0.39, 0.29) is 29.4 Å². The highest BCUT2D eigenvalue weighted by atomic mass is 16.2. The van der Waals surface area contributed by atoms with E-state index in [0.717, 1.165) is 42.7 Å². The van der Waals surface area contributed by atoms with E-state index in [1.54, 1.807) is 36.4 Å². The van der Waals surface area contributed by atoms with Crippen molar-refractivity contribution in [3.8, 4) is 0 Å². The molecule has 0 bridgehead atoms. The third-order valence-electron chi connectivity index (χ3n) is 8.70. The first-order valence-electron chi connectivity index (χ1n) is 15.8. The summed E-state index contributed by atoms with van der Waals surface area (Å²) in [5, 5.41) is 6.14. The second-order valence-corrected chi connectivity index (χ2v) is 11.7. The van der Waals surface area contributed by atoms with Crippen LogP contribution in [0.5, 0.6) is 0 Å². The van der Waals surface area contributed by atoms with E-state index in [1.165, 1.54) is 0 Å². The van der Waals surface area contributed by atoms with Crippen molar-refractivity contribution in [3.05, 3.63) is 167 Å². The Hall–Kier alpha value is -5.49. The Kier molecular flexibility index (Phi) is 9.64. The van der Waals surface area contributed by atoms with Crippen LogP contribution in [0.25, 0.3) is 0 Å². The Labute approximate surface area is 270 Å². The normalized spacial score (nSPS) is 13.9. The van der Waals surface area contributed by atoms with Crippen LogP contribution >= 0.6 is 0 Å². The van der Waals surface area contributed by atoms with Gasteiger partial charge in [0.25, 0.3) is 5.91 Å². The number of rotatable bonds is 10. The Morgan fingerprint density at radius 2 is 1.22 bits per heavy atom. The molecule has 1 aliphatic rings. The van der Waals surface area contributed by atoms with Crippen LogP contribution in [0, 0.1) is 5.92 Å². The molecule has 1 fully saturated rings. The predicted octanol–water partition coefficient (Wildman–Crippen LogP) is 7.49. The summed E-state index contributed by atoms with van der Waals surface area (Å²) in [6.07, 6.45) is 1.78. The molecular formula is C40H37N3O3. The smallest absolute Gasteiger partial charge is 0.256 e. The van der Waals surface area contributed by atoms with Gasteiger partial charge in [-0.3, -0.25) is 14.4 Å². The summed E-state index contributed by atoms with van der Waals surface area (Å²) < 4.78 is 0. The van der Waals surface area contributed by atoms with E-state index in [0.29, 0.717) is 28.9 Å². The van der Waals surface area contributed by atoms with Gasteiger partial charge in [0.2, 0.25) is 5.91 Å². The Morgan fingerprint density at radius 1 is 0.652 bits per heavy atom. The maximum absolute atomic E-state index is 13.5. The summed E-state index contributed by atoms with van der Waals surface area (Å²) in [7, 11) is 0. The van der Waals surface area contributed by atoms with Crippen LogP contribution in [0.4, 0.5) is 11.4 Å². The fourth-order valence-corrected chi connectivity index (χ4v) is 6.26. The lowest BCUT2D eigenvalue weighted by molar-refractivity contribution is -0.124. The van der Waals surface area contributed by atoms with Crippen LogP contribution in [-0.4, -0.2) is 30.7 Å². The summed E-state index contributed by atoms with van der Waals surface area (Å²) in [5.74, 6) is -0.423. The molecule has 1 aliphatic heterocycles. The maximum Gasteiger partial charge on any atom is 0.256 e. The molecule has 1 heterocycles. The van der Waals surface area contributed by atoms with Gasteiger partial charge in [-0.2, -0.15) is 0 Å². The topological polar surface area (TPSA) is 78.5 Å². The molecule has 5 aromatic carbocycles. The van der Waals surface area contributed by atoms with Crippen LogP contribution in [0.2, 0.25) is 0 Å². The summed E-state index contributed by atoms with van der Waals surface area (Å²) in [6, 6.07) is 43.8. The van der Waals surface area contributed by atoms with Gasteiger partial charge < -0.3 is 15.5 Å². The van der Waals surface area contributed by atoms with Crippen molar-refractivity contribution in [2.75, 3.05) is 23.3 Å². The van der Waals surface area contributed by atoms with Gasteiger partial charge in [-0.25, -0.2) is 0 Å². The molecule has 2 N–H and O–H groups in total. The molecule has 0 saturated carbocycles. The van der Waals surface area contributed by atoms with Gasteiger partial charge in [-0.15, -0.1) is 0 Å². The van der Waals surface area contributed by atoms with Gasteiger partial charge in [0, 0.05) is 42.1 Å². The molecular weight excluding hydrogens is 570 g/mol. The highest BCUT2D eigenvalue weighted by molar-refractivity contribution is 6.17. The van der Waals surface area contributed by atoms with Crippen LogP contribution in [0.15, 0.2) is 140 Å². The molecule has 0 spiro atoms. The monoisotopic (exact) mass is 607 g/mol. The van der Waals surface area contributed by atoms with Gasteiger partial charge in [0.1, 0.15) is 0 Å². The first kappa shape index (κ1) is 30.5. The van der Waals surface area contributed by atoms with Crippen molar-refractivity contribution in [1.82, 2.24) is 5.32 Å². The molecule has 0 aliphatic carbocycles. The van der Waals surface area contributed by atoms with E-state index < -0.39 is 0 Å². The number of anilines is 2. The molecule has 46 heavy (non-hydrogen) atoms. The van der Waals surface area contributed by atoms with E-state index >= 15 is 0 Å². The summed E-state index contributed by atoms with van der Waals surface area (Å²) >= 11 is 0. The molecule has 6 nitrogen and oxygen atoms in total. The molecule has 6 heteroatoms. The average Bonchev–Trinajstić information content (AvgIpc) is 3.12. The standard InChI is InChI=1S/C40H37N3O3/c44-38(32-16-8-3-9-17-32)35-18-10-11-19-36(35)39(45)42-33-20-22-34(23-21-33)43-26-24-31(25-27-43)37(30-14-6-2-7-15-30)40(46)41-28-29-12-4-1-5-13-29/h1-23,31,37H,24-28H2,(H,41,46)(H,42,45). The number of nitrogens with one attached hydrogen (secondary N) is 2. The molecule has 6 rings (SSSR count). The van der Waals surface area contributed by atoms with E-state index in [4.69, 9.17) is 0 Å². The van der Waals surface area contributed by atoms with Crippen LogP contribution in [0.3, 0.4) is 0 Å². The summed E-state index contributed by atoms with van der Waals surface area (Å²) in [6.45, 7) is 2.18. The number of hydrogen-bond acceptors (Lipinski definition) is 4. The van der Waals surface area contributed by atoms with Crippen molar-refractivity contribution in [2.24, 2.45) is 5.92 Å². The average molecular weight is 608 g/mol. The number of amides is 2. The van der Waals surface area contributed by atoms with Gasteiger partial charge in [-0.05, 0) is 60.2 Å². The lowest BCUT2D eigenvalue weighted by Gasteiger charge is -2.37. The molecule has 0 radical (unpaired) electrons. The minimum atomic E-state index is -0.328. The minimum Gasteiger partial charge on any atom is -0.372 e. The Morgan fingerprint density at radius 3 is 1.87 bits per heavy atom. The van der Waals surface area contributed by atoms with Gasteiger partial charge >= 0.3 is 0 Å². The lowest BCUT2D eigenvalue weighted by atomic mass is 9.79. The molecule has 1 saturated heterocycles. The fraction of sp³-hybridized carbons (Fsp3) is 0.175. The number of ketones is 1. The quantitative estimate of drug-likeness (QED) is 0.161. The molecule has 2 amide bonds. The van der Waals surface area contributed by atoms with Crippen molar-refractivity contribution >= 4 is 29.0 Å². The number of piperidine rings is 1. The second kappa shape index (κ2) is 14.5. The largest absolute Gasteiger partial charge is 0.372 e. The van der Waals surface area contributed by atoms with Gasteiger partial charge in [0.15, 0.2) is 5.78 Å². The van der Waals surface area contributed by atoms with E-state index in [1.807, 2.05) is 91.0 Å². The zero-order valence-corrected chi connectivity index (χ0v) is 25.6. The first-order valence-corrected chi connectivity index (χ1v) is 15.8. The summed E-state index contributed by atoms with van der Waals surface area (Å²) in [5.41, 5.74) is 5.11. The minimum absolute atomic E-state index is 0.0700. The second-order valence-electron chi connectivity index (χ2n) is 11.7. The van der Waals surface area contributed by atoms with Crippen LogP contribution in [-0.2, 0) is 11.3 Å². The number of benzene rings is 5. The molecule has 1 atom stereocenters. The first-order chi connectivity index (χ1) is 22.6. The Bertz CT molecular complexity index is 1770. The number of carbonyl (C=O) groups excluding carboxylic acids is 3. The van der Waals surface area contributed by atoms with E-state index in [9.17, 15) is 14.4 Å². The zero-order valence-electron chi connectivity index (χ0n) is 25.6. The van der Waals surface area contributed by atoms with Gasteiger partial charge in [-0.1, -0.05) is 109 Å². The number of hydrogen-bond donors (Lipinski definition) is 2. The highest BCUT2D eigenvalue weighted by Gasteiger charge is 2.32. The van der Waals surface area contributed by atoms with Crippen molar-refractivity contribution in [3.63, 3.8) is 0 Å². The predicted molar refractivity (Wildman–Crippen MR) is 183 cm³/mol. The molecule has 0 aromatic heterocycles. The van der Waals surface area contributed by atoms with Crippen molar-refractivity contribution in [2.45, 2.75) is 25.3 Å². The molecule has 1 unspecified atom stereocenters. The summed E-state index contributed by atoms with van der Waals surface area (Å²) in [4.78, 5) is 42.2. The maximum atomic E-state index is 13.5. The highest BCUT2D eigenvalue weighted by Crippen LogP contribution is 2.35. The van der Waals surface area contributed by atoms with Crippen molar-refractivity contribution in [1.29, 1.82) is 0 Å². The van der Waals surface area contributed by atoms with E-state index in [2.05, 4.69) is 27.7 Å². The number of nitrogens with zero attached hydrogens (tertiary/aromatic N) is 1. The fourth-order valence-electron chi connectivity index (χ4n) is 6.26. The van der Waals surface area contributed by atoms with Crippen LogP contribution < -0.4 is 15.5 Å². The lowest BCUT2D eigenvalue weighted by Crippen LogP contribution is -2.40. The third-order valence-corrected chi connectivity index (χ3v) is 8.70. The SMILES string of the molecule is O=C(Nc1ccc(N2CCC(C(C(=O)NCc3ccccc3)c3ccccc3)CC2)cc1)c1ccccc1C(=O)c1ccccc1. The van der Waals surface area contributed by atoms with Crippen LogP contribution in [0.1, 0.15) is 56.2 Å². The number of carbonyl (C=O) groups is 3.